The molecule has 0 spiro atoms. The van der Waals surface area contributed by atoms with Crippen molar-refractivity contribution >= 4 is 22.9 Å². The third kappa shape index (κ3) is 2.86. The summed E-state index contributed by atoms with van der Waals surface area (Å²) < 4.78 is 0. The standard InChI is InChI=1S/C13H13ClN2S/c14-10-3-1-2-9(6-10)13-16-12(8-17-13)7-15-11-4-5-11/h1-3,6,8,11,15H,4-5,7H2. The molecule has 1 N–H and O–H groups in total. The molecule has 0 bridgehead atoms. The number of thiazole rings is 1. The number of aromatic nitrogens is 1. The molecule has 1 aromatic carbocycles. The Kier molecular flexibility index (Phi) is 3.14. The normalized spacial score (nSPS) is 15.1. The Hall–Kier alpha value is -0.900. The smallest absolute Gasteiger partial charge is 0.123 e. The summed E-state index contributed by atoms with van der Waals surface area (Å²) in [5.74, 6) is 0. The van der Waals surface area contributed by atoms with E-state index in [4.69, 9.17) is 11.6 Å². The highest BCUT2D eigenvalue weighted by Gasteiger charge is 2.20. The molecule has 1 heterocycles. The summed E-state index contributed by atoms with van der Waals surface area (Å²) >= 11 is 7.65. The van der Waals surface area contributed by atoms with E-state index in [1.807, 2.05) is 24.3 Å². The summed E-state index contributed by atoms with van der Waals surface area (Å²) in [7, 11) is 0. The fraction of sp³-hybridized carbons (Fsp3) is 0.308. The van der Waals surface area contributed by atoms with Crippen LogP contribution in [-0.2, 0) is 6.54 Å². The molecular formula is C13H13ClN2S. The van der Waals surface area contributed by atoms with Crippen LogP contribution in [0.15, 0.2) is 29.6 Å². The van der Waals surface area contributed by atoms with Crippen LogP contribution < -0.4 is 5.32 Å². The van der Waals surface area contributed by atoms with Gasteiger partial charge in [-0.3, -0.25) is 0 Å². The number of hydrogen-bond donors (Lipinski definition) is 1. The lowest BCUT2D eigenvalue weighted by atomic mass is 10.2. The molecule has 2 aromatic rings. The molecular weight excluding hydrogens is 252 g/mol. The van der Waals surface area contributed by atoms with E-state index in [1.54, 1.807) is 11.3 Å². The number of halogens is 1. The highest BCUT2D eigenvalue weighted by atomic mass is 35.5. The second kappa shape index (κ2) is 4.77. The van der Waals surface area contributed by atoms with Crippen molar-refractivity contribution in [2.45, 2.75) is 25.4 Å². The summed E-state index contributed by atoms with van der Waals surface area (Å²) in [6, 6.07) is 8.57. The number of benzene rings is 1. The van der Waals surface area contributed by atoms with Crippen LogP contribution in [0.1, 0.15) is 18.5 Å². The van der Waals surface area contributed by atoms with Gasteiger partial charge in [-0.05, 0) is 25.0 Å². The van der Waals surface area contributed by atoms with Crippen molar-refractivity contribution in [3.05, 3.63) is 40.4 Å². The molecule has 1 aliphatic rings. The number of hydrogen-bond acceptors (Lipinski definition) is 3. The molecule has 0 amide bonds. The molecule has 17 heavy (non-hydrogen) atoms. The third-order valence-corrected chi connectivity index (χ3v) is 3.95. The quantitative estimate of drug-likeness (QED) is 0.911. The van der Waals surface area contributed by atoms with E-state index in [0.29, 0.717) is 0 Å². The Morgan fingerprint density at radius 2 is 2.29 bits per heavy atom. The van der Waals surface area contributed by atoms with E-state index < -0.39 is 0 Å². The molecule has 2 nitrogen and oxygen atoms in total. The topological polar surface area (TPSA) is 24.9 Å². The first-order valence-corrected chi connectivity index (χ1v) is 7.01. The minimum absolute atomic E-state index is 0.728. The SMILES string of the molecule is Clc1cccc(-c2nc(CNC3CC3)cs2)c1. The molecule has 0 radical (unpaired) electrons. The summed E-state index contributed by atoms with van der Waals surface area (Å²) in [4.78, 5) is 4.62. The summed E-state index contributed by atoms with van der Waals surface area (Å²) in [5, 5.41) is 7.39. The fourth-order valence-electron chi connectivity index (χ4n) is 1.68. The minimum Gasteiger partial charge on any atom is -0.308 e. The zero-order chi connectivity index (χ0) is 11.7. The van der Waals surface area contributed by atoms with Gasteiger partial charge in [0.15, 0.2) is 0 Å². The summed E-state index contributed by atoms with van der Waals surface area (Å²) in [5.41, 5.74) is 2.22. The first-order valence-electron chi connectivity index (χ1n) is 5.75. The Labute approximate surface area is 110 Å². The molecule has 1 aromatic heterocycles. The second-order valence-corrected chi connectivity index (χ2v) is 5.60. The van der Waals surface area contributed by atoms with Gasteiger partial charge in [-0.2, -0.15) is 0 Å². The van der Waals surface area contributed by atoms with Gasteiger partial charge in [0.2, 0.25) is 0 Å². The number of rotatable bonds is 4. The highest BCUT2D eigenvalue weighted by Crippen LogP contribution is 2.26. The zero-order valence-corrected chi connectivity index (χ0v) is 10.9. The lowest BCUT2D eigenvalue weighted by molar-refractivity contribution is 0.678. The average molecular weight is 265 g/mol. The van der Waals surface area contributed by atoms with Gasteiger partial charge in [0.1, 0.15) is 5.01 Å². The predicted molar refractivity (Wildman–Crippen MR) is 72.4 cm³/mol. The first-order chi connectivity index (χ1) is 8.31. The Balaban J connectivity index is 1.74. The van der Waals surface area contributed by atoms with Gasteiger partial charge in [0.05, 0.1) is 5.69 Å². The van der Waals surface area contributed by atoms with E-state index in [9.17, 15) is 0 Å². The van der Waals surface area contributed by atoms with Crippen molar-refractivity contribution in [2.24, 2.45) is 0 Å². The van der Waals surface area contributed by atoms with Gasteiger partial charge in [0.25, 0.3) is 0 Å². The number of nitrogens with zero attached hydrogens (tertiary/aromatic N) is 1. The Morgan fingerprint density at radius 1 is 1.41 bits per heavy atom. The highest BCUT2D eigenvalue weighted by molar-refractivity contribution is 7.13. The van der Waals surface area contributed by atoms with E-state index in [-0.39, 0.29) is 0 Å². The Morgan fingerprint density at radius 3 is 3.06 bits per heavy atom. The summed E-state index contributed by atoms with van der Waals surface area (Å²) in [6.07, 6.45) is 2.62. The van der Waals surface area contributed by atoms with Crippen LogP contribution in [0, 0.1) is 0 Å². The molecule has 0 aliphatic heterocycles. The summed E-state index contributed by atoms with van der Waals surface area (Å²) in [6.45, 7) is 0.877. The van der Waals surface area contributed by atoms with Crippen LogP contribution in [0.4, 0.5) is 0 Å². The van der Waals surface area contributed by atoms with Crippen molar-refractivity contribution < 1.29 is 0 Å². The van der Waals surface area contributed by atoms with Crippen molar-refractivity contribution in [1.82, 2.24) is 10.3 Å². The largest absolute Gasteiger partial charge is 0.308 e. The molecule has 4 heteroatoms. The van der Waals surface area contributed by atoms with Crippen molar-refractivity contribution in [1.29, 1.82) is 0 Å². The van der Waals surface area contributed by atoms with Crippen LogP contribution in [0.3, 0.4) is 0 Å². The van der Waals surface area contributed by atoms with Crippen LogP contribution in [0.2, 0.25) is 5.02 Å². The molecule has 1 aliphatic carbocycles. The maximum atomic E-state index is 5.98. The molecule has 1 fully saturated rings. The zero-order valence-electron chi connectivity index (χ0n) is 9.32. The van der Waals surface area contributed by atoms with E-state index >= 15 is 0 Å². The third-order valence-electron chi connectivity index (χ3n) is 2.77. The number of nitrogens with one attached hydrogen (secondary N) is 1. The Bertz CT molecular complexity index is 520. The van der Waals surface area contributed by atoms with Crippen molar-refractivity contribution in [2.75, 3.05) is 0 Å². The molecule has 0 unspecified atom stereocenters. The monoisotopic (exact) mass is 264 g/mol. The van der Waals surface area contributed by atoms with Gasteiger partial charge in [-0.25, -0.2) is 4.98 Å². The van der Waals surface area contributed by atoms with Gasteiger partial charge in [-0.1, -0.05) is 23.7 Å². The molecule has 0 saturated heterocycles. The van der Waals surface area contributed by atoms with Gasteiger partial charge < -0.3 is 5.32 Å². The van der Waals surface area contributed by atoms with Crippen molar-refractivity contribution in [3.63, 3.8) is 0 Å². The fourth-order valence-corrected chi connectivity index (χ4v) is 2.69. The van der Waals surface area contributed by atoms with Gasteiger partial charge in [0, 0.05) is 28.6 Å². The lowest BCUT2D eigenvalue weighted by Gasteiger charge is -1.98. The second-order valence-electron chi connectivity index (χ2n) is 4.31. The molecule has 1 saturated carbocycles. The maximum absolute atomic E-state index is 5.98. The van der Waals surface area contributed by atoms with Crippen LogP contribution in [-0.4, -0.2) is 11.0 Å². The van der Waals surface area contributed by atoms with Crippen molar-refractivity contribution in [3.8, 4) is 10.6 Å². The minimum atomic E-state index is 0.728. The van der Waals surface area contributed by atoms with E-state index in [2.05, 4.69) is 15.7 Å². The van der Waals surface area contributed by atoms with Crippen LogP contribution in [0.25, 0.3) is 10.6 Å². The molecule has 3 rings (SSSR count). The van der Waals surface area contributed by atoms with Crippen LogP contribution in [0.5, 0.6) is 0 Å². The van der Waals surface area contributed by atoms with Gasteiger partial charge >= 0.3 is 0 Å². The predicted octanol–water partition coefficient (Wildman–Crippen LogP) is 3.72. The molecule has 0 atom stereocenters. The first kappa shape index (κ1) is 11.2. The van der Waals surface area contributed by atoms with Gasteiger partial charge in [-0.15, -0.1) is 11.3 Å². The maximum Gasteiger partial charge on any atom is 0.123 e. The van der Waals surface area contributed by atoms with E-state index in [1.165, 1.54) is 12.8 Å². The van der Waals surface area contributed by atoms with Crippen LogP contribution >= 0.6 is 22.9 Å². The molecule has 88 valence electrons. The van der Waals surface area contributed by atoms with E-state index in [0.717, 1.165) is 33.9 Å². The average Bonchev–Trinajstić information content (AvgIpc) is 3.04. The lowest BCUT2D eigenvalue weighted by Crippen LogP contribution is -2.15.